The molecule has 10 nitrogen and oxygen atoms in total. The number of fused-ring (bicyclic) bond motifs is 1. The summed E-state index contributed by atoms with van der Waals surface area (Å²) in [7, 11) is 0. The minimum absolute atomic E-state index is 0.133. The van der Waals surface area contributed by atoms with Gasteiger partial charge in [0, 0.05) is 59.8 Å². The zero-order valence-corrected chi connectivity index (χ0v) is 23.9. The van der Waals surface area contributed by atoms with Gasteiger partial charge in [-0.3, -0.25) is 4.98 Å². The zero-order chi connectivity index (χ0) is 28.0. The third-order valence-corrected chi connectivity index (χ3v) is 7.76. The van der Waals surface area contributed by atoms with Gasteiger partial charge in [-0.1, -0.05) is 11.6 Å². The average Bonchev–Trinajstić information content (AvgIpc) is 3.01. The molecule has 2 aliphatic rings. The first-order valence-corrected chi connectivity index (χ1v) is 14.8. The number of pyridine rings is 1. The van der Waals surface area contributed by atoms with Gasteiger partial charge in [0.25, 0.3) is 0 Å². The van der Waals surface area contributed by atoms with Crippen molar-refractivity contribution in [2.45, 2.75) is 38.2 Å². The van der Waals surface area contributed by atoms with Crippen LogP contribution in [0.15, 0.2) is 54.7 Å². The molecule has 0 radical (unpaired) electrons. The second kappa shape index (κ2) is 12.8. The Bertz CT molecular complexity index is 1460. The Morgan fingerprint density at radius 1 is 0.878 bits per heavy atom. The molecular formula is C30H36ClN9O. The summed E-state index contributed by atoms with van der Waals surface area (Å²) in [5.41, 5.74) is 9.41. The highest BCUT2D eigenvalue weighted by atomic mass is 35.5. The van der Waals surface area contributed by atoms with Gasteiger partial charge in [0.1, 0.15) is 0 Å². The summed E-state index contributed by atoms with van der Waals surface area (Å²) >= 11 is 6.15. The van der Waals surface area contributed by atoms with Gasteiger partial charge in [0.15, 0.2) is 0 Å². The SMILES string of the molecule is NCCCC1CN(c2nc(Nc3ccc(Nc4ccnc5cc(Cl)ccc45)cc3)nc(N3CCCCC3)n2)CCO1. The number of halogens is 1. The second-order valence-electron chi connectivity index (χ2n) is 10.5. The Kier molecular flexibility index (Phi) is 8.60. The highest BCUT2D eigenvalue weighted by Gasteiger charge is 2.25. The molecule has 0 aliphatic carbocycles. The number of nitrogens with zero attached hydrogens (tertiary/aromatic N) is 6. The van der Waals surface area contributed by atoms with Gasteiger partial charge >= 0.3 is 0 Å². The number of ether oxygens (including phenoxy) is 1. The third kappa shape index (κ3) is 6.78. The van der Waals surface area contributed by atoms with E-state index in [0.717, 1.165) is 85.8 Å². The number of piperidine rings is 1. The maximum absolute atomic E-state index is 6.15. The molecule has 214 valence electrons. The van der Waals surface area contributed by atoms with Crippen molar-refractivity contribution in [1.82, 2.24) is 19.9 Å². The number of nitrogens with two attached hydrogens (primary N) is 1. The molecule has 2 saturated heterocycles. The van der Waals surface area contributed by atoms with Crippen LogP contribution in [0.1, 0.15) is 32.1 Å². The Balaban J connectivity index is 1.21. The summed E-state index contributed by atoms with van der Waals surface area (Å²) in [6.07, 6.45) is 7.34. The van der Waals surface area contributed by atoms with E-state index < -0.39 is 0 Å². The van der Waals surface area contributed by atoms with Crippen molar-refractivity contribution in [3.63, 3.8) is 0 Å². The second-order valence-corrected chi connectivity index (χ2v) is 11.0. The molecule has 0 bridgehead atoms. The summed E-state index contributed by atoms with van der Waals surface area (Å²) in [5, 5.41) is 8.59. The maximum Gasteiger partial charge on any atom is 0.233 e. The molecule has 2 aromatic carbocycles. The first kappa shape index (κ1) is 27.4. The van der Waals surface area contributed by atoms with Crippen molar-refractivity contribution in [2.75, 3.05) is 59.8 Å². The fourth-order valence-electron chi connectivity index (χ4n) is 5.36. The number of benzene rings is 2. The van der Waals surface area contributed by atoms with E-state index >= 15 is 0 Å². The highest BCUT2D eigenvalue weighted by molar-refractivity contribution is 6.31. The van der Waals surface area contributed by atoms with E-state index in [0.29, 0.717) is 30.1 Å². The normalized spacial score (nSPS) is 17.6. The van der Waals surface area contributed by atoms with E-state index in [2.05, 4.69) is 25.4 Å². The number of aromatic nitrogens is 4. The first-order chi connectivity index (χ1) is 20.1. The van der Waals surface area contributed by atoms with Crippen molar-refractivity contribution >= 4 is 57.4 Å². The topological polar surface area (TPSA) is 117 Å². The van der Waals surface area contributed by atoms with Crippen LogP contribution in [0.3, 0.4) is 0 Å². The zero-order valence-electron chi connectivity index (χ0n) is 23.1. The molecular weight excluding hydrogens is 538 g/mol. The minimum Gasteiger partial charge on any atom is -0.375 e. The molecule has 0 saturated carbocycles. The van der Waals surface area contributed by atoms with Gasteiger partial charge in [0.2, 0.25) is 17.8 Å². The van der Waals surface area contributed by atoms with Crippen molar-refractivity contribution in [3.05, 3.63) is 59.8 Å². The molecule has 0 spiro atoms. The summed E-state index contributed by atoms with van der Waals surface area (Å²) in [6.45, 7) is 4.73. The van der Waals surface area contributed by atoms with E-state index in [1.807, 2.05) is 48.5 Å². The van der Waals surface area contributed by atoms with Crippen LogP contribution in [0.4, 0.5) is 34.9 Å². The molecule has 41 heavy (non-hydrogen) atoms. The van der Waals surface area contributed by atoms with E-state index in [4.69, 9.17) is 37.0 Å². The van der Waals surface area contributed by atoms with Crippen molar-refractivity contribution < 1.29 is 4.74 Å². The Hall–Kier alpha value is -3.73. The first-order valence-electron chi connectivity index (χ1n) is 14.4. The molecule has 0 amide bonds. The lowest BCUT2D eigenvalue weighted by Gasteiger charge is -2.34. The lowest BCUT2D eigenvalue weighted by Crippen LogP contribution is -2.44. The van der Waals surface area contributed by atoms with Gasteiger partial charge in [-0.15, -0.1) is 0 Å². The maximum atomic E-state index is 6.15. The predicted molar refractivity (Wildman–Crippen MR) is 166 cm³/mol. The molecule has 4 aromatic rings. The van der Waals surface area contributed by atoms with Crippen LogP contribution < -0.4 is 26.2 Å². The Morgan fingerprint density at radius 3 is 2.41 bits per heavy atom. The van der Waals surface area contributed by atoms with Gasteiger partial charge in [0.05, 0.1) is 18.2 Å². The largest absolute Gasteiger partial charge is 0.375 e. The van der Waals surface area contributed by atoms with Crippen LogP contribution in [-0.2, 0) is 4.74 Å². The molecule has 4 heterocycles. The summed E-state index contributed by atoms with van der Waals surface area (Å²) in [5.74, 6) is 1.95. The molecule has 11 heteroatoms. The number of anilines is 6. The van der Waals surface area contributed by atoms with Crippen LogP contribution in [0, 0.1) is 0 Å². The summed E-state index contributed by atoms with van der Waals surface area (Å²) in [4.78, 5) is 23.5. The van der Waals surface area contributed by atoms with Crippen LogP contribution in [0.5, 0.6) is 0 Å². The monoisotopic (exact) mass is 573 g/mol. The number of nitrogens with one attached hydrogen (secondary N) is 2. The lowest BCUT2D eigenvalue weighted by atomic mass is 10.1. The number of hydrogen-bond donors (Lipinski definition) is 3. The standard InChI is InChI=1S/C30H36ClN9O/c31-21-6-11-25-26(12-14-33-27(25)19-21)34-22-7-9-23(10-8-22)35-28-36-29(39-15-2-1-3-16-39)38-30(37-28)40-17-18-41-24(20-40)5-4-13-32/h6-12,14,19,24H,1-5,13,15-18,20,32H2,(H,33,34)(H,35,36,37,38). The predicted octanol–water partition coefficient (Wildman–Crippen LogP) is 5.49. The quantitative estimate of drug-likeness (QED) is 0.237. The van der Waals surface area contributed by atoms with Crippen LogP contribution in [-0.4, -0.2) is 65.4 Å². The minimum atomic E-state index is 0.133. The molecule has 1 atom stereocenters. The molecule has 2 aromatic heterocycles. The lowest BCUT2D eigenvalue weighted by molar-refractivity contribution is 0.0339. The molecule has 2 aliphatic heterocycles. The smallest absolute Gasteiger partial charge is 0.233 e. The van der Waals surface area contributed by atoms with Crippen molar-refractivity contribution in [2.24, 2.45) is 5.73 Å². The van der Waals surface area contributed by atoms with E-state index in [1.165, 1.54) is 6.42 Å². The van der Waals surface area contributed by atoms with Crippen LogP contribution in [0.2, 0.25) is 5.02 Å². The van der Waals surface area contributed by atoms with Gasteiger partial charge < -0.3 is 30.9 Å². The molecule has 2 fully saturated rings. The van der Waals surface area contributed by atoms with E-state index in [1.54, 1.807) is 6.20 Å². The molecule has 4 N–H and O–H groups in total. The third-order valence-electron chi connectivity index (χ3n) is 7.53. The summed E-state index contributed by atoms with van der Waals surface area (Å²) in [6, 6.07) is 15.8. The van der Waals surface area contributed by atoms with Crippen molar-refractivity contribution in [1.29, 1.82) is 0 Å². The fourth-order valence-corrected chi connectivity index (χ4v) is 5.53. The van der Waals surface area contributed by atoms with E-state index in [-0.39, 0.29) is 6.10 Å². The fraction of sp³-hybridized carbons (Fsp3) is 0.400. The van der Waals surface area contributed by atoms with Crippen molar-refractivity contribution in [3.8, 4) is 0 Å². The van der Waals surface area contributed by atoms with Crippen LogP contribution >= 0.6 is 11.6 Å². The number of morpholine rings is 1. The average molecular weight is 574 g/mol. The van der Waals surface area contributed by atoms with Gasteiger partial charge in [-0.05, 0) is 87.2 Å². The summed E-state index contributed by atoms with van der Waals surface area (Å²) < 4.78 is 5.98. The van der Waals surface area contributed by atoms with Crippen LogP contribution in [0.25, 0.3) is 10.9 Å². The Labute approximate surface area is 245 Å². The van der Waals surface area contributed by atoms with E-state index in [9.17, 15) is 0 Å². The highest BCUT2D eigenvalue weighted by Crippen LogP contribution is 2.29. The Morgan fingerprint density at radius 2 is 1.63 bits per heavy atom. The number of hydrogen-bond acceptors (Lipinski definition) is 10. The molecule has 6 rings (SSSR count). The van der Waals surface area contributed by atoms with Gasteiger partial charge in [-0.2, -0.15) is 15.0 Å². The number of rotatable bonds is 9. The molecule has 1 unspecified atom stereocenters. The van der Waals surface area contributed by atoms with Gasteiger partial charge in [-0.25, -0.2) is 0 Å².